The van der Waals surface area contributed by atoms with Gasteiger partial charge in [-0.2, -0.15) is 0 Å². The van der Waals surface area contributed by atoms with Gasteiger partial charge in [0.25, 0.3) is 6.71 Å². The van der Waals surface area contributed by atoms with Crippen LogP contribution < -0.4 is 25.5 Å². The molecule has 2 nitrogen and oxygen atoms in total. The molecule has 4 heteroatoms. The predicted molar refractivity (Wildman–Crippen MR) is 315 cm³/mol. The summed E-state index contributed by atoms with van der Waals surface area (Å²) in [6.07, 6.45) is 11.2. The molecule has 7 aromatic rings. The van der Waals surface area contributed by atoms with Crippen molar-refractivity contribution < 1.29 is 0 Å². The van der Waals surface area contributed by atoms with Crippen LogP contribution in [0.15, 0.2) is 109 Å². The van der Waals surface area contributed by atoms with Gasteiger partial charge in [0.05, 0.1) is 11.4 Å². The van der Waals surface area contributed by atoms with Crippen LogP contribution in [0.3, 0.4) is 0 Å². The number of thiophene rings is 1. The van der Waals surface area contributed by atoms with Crippen LogP contribution in [-0.2, 0) is 32.5 Å². The molecule has 72 heavy (non-hydrogen) atoms. The van der Waals surface area contributed by atoms with Gasteiger partial charge in [-0.15, -0.1) is 11.3 Å². The van der Waals surface area contributed by atoms with Gasteiger partial charge in [-0.25, -0.2) is 0 Å². The molecule has 1 saturated carbocycles. The molecule has 1 aromatic heterocycles. The monoisotopic (exact) mass is 967 g/mol. The van der Waals surface area contributed by atoms with Crippen LogP contribution >= 0.6 is 11.3 Å². The van der Waals surface area contributed by atoms with Crippen LogP contribution in [0.5, 0.6) is 0 Å². The second-order valence-electron chi connectivity index (χ2n) is 27.8. The average molecular weight is 967 g/mol. The number of anilines is 6. The summed E-state index contributed by atoms with van der Waals surface area (Å²) in [5.41, 5.74) is 24.2. The Hall–Kier alpha value is -5.06. The zero-order chi connectivity index (χ0) is 50.7. The molecule has 5 aliphatic rings. The minimum Gasteiger partial charge on any atom is -0.311 e. The van der Waals surface area contributed by atoms with E-state index in [0.717, 1.165) is 0 Å². The van der Waals surface area contributed by atoms with Crippen molar-refractivity contribution in [1.29, 1.82) is 0 Å². The molecular formula is C68H79BN2S. The van der Waals surface area contributed by atoms with Crippen LogP contribution in [0, 0.1) is 0 Å². The zero-order valence-corrected chi connectivity index (χ0v) is 47.0. The maximum absolute atomic E-state index is 2.82. The molecular weight excluding hydrogens is 888 g/mol. The lowest BCUT2D eigenvalue weighted by Gasteiger charge is -2.46. The summed E-state index contributed by atoms with van der Waals surface area (Å²) in [5.74, 6) is 0.517. The largest absolute Gasteiger partial charge is 0.311 e. The molecule has 0 saturated heterocycles. The Morgan fingerprint density at radius 3 is 1.69 bits per heavy atom. The van der Waals surface area contributed by atoms with E-state index in [1.54, 1.807) is 11.1 Å². The highest BCUT2D eigenvalue weighted by atomic mass is 32.1. The Morgan fingerprint density at radius 1 is 0.514 bits per heavy atom. The van der Waals surface area contributed by atoms with Gasteiger partial charge in [0.15, 0.2) is 0 Å². The van der Waals surface area contributed by atoms with Gasteiger partial charge in [0.1, 0.15) is 0 Å². The second-order valence-corrected chi connectivity index (χ2v) is 28.8. The molecule has 3 heterocycles. The Morgan fingerprint density at radius 2 is 1.07 bits per heavy atom. The van der Waals surface area contributed by atoms with Gasteiger partial charge in [-0.3, -0.25) is 0 Å². The van der Waals surface area contributed by atoms with E-state index in [-0.39, 0.29) is 39.2 Å². The molecule has 0 N–H and O–H groups in total. The molecule has 0 radical (unpaired) electrons. The molecule has 0 amide bonds. The number of nitrogens with zero attached hydrogens (tertiary/aromatic N) is 2. The van der Waals surface area contributed by atoms with Crippen LogP contribution in [0.1, 0.15) is 200 Å². The minimum atomic E-state index is -0.0268. The van der Waals surface area contributed by atoms with E-state index in [1.807, 2.05) is 0 Å². The van der Waals surface area contributed by atoms with E-state index in [1.165, 1.54) is 157 Å². The van der Waals surface area contributed by atoms with Crippen molar-refractivity contribution in [2.45, 2.75) is 193 Å². The number of rotatable bonds is 4. The molecule has 0 spiro atoms. The molecule has 6 aromatic carbocycles. The Balaban J connectivity index is 1.24. The third-order valence-electron chi connectivity index (χ3n) is 18.9. The van der Waals surface area contributed by atoms with Crippen molar-refractivity contribution in [3.05, 3.63) is 148 Å². The summed E-state index contributed by atoms with van der Waals surface area (Å²) in [7, 11) is 0. The molecule has 0 unspecified atom stereocenters. The standard InChI is InChI=1S/C68H79BN2S/c1-63(2,3)45-25-29-55(48(37-45)43-23-19-16-20-24-43)71-56-30-26-46(64(4,5)6)38-54(56)69-60-57(35-44(36-58(60)71)42-21-17-15-18-22-42)70(47-27-28-50-51(39-47)66(9,10)32-31-65(50,7)8)61-49-40-52-53(41-59(49)72-62(61)69)68(13,14)34-33-67(52,11)12/h16,19-20,23-30,35-42H,15,17-18,21-22,31-34H2,1-14H3. The SMILES string of the molecule is CC(C)(C)c1ccc2c(c1)B1c3sc4cc5c(cc4c3N(c3ccc4c(c3)C(C)(C)CCC4(C)C)c3cc(C4CCCCC4)cc(c31)N2c1ccc(C(C)(C)C)cc1-c1ccccc1)C(C)(C)CCC5(C)C. The van der Waals surface area contributed by atoms with Crippen molar-refractivity contribution in [2.75, 3.05) is 9.80 Å². The maximum atomic E-state index is 2.82. The highest BCUT2D eigenvalue weighted by Crippen LogP contribution is 2.56. The predicted octanol–water partition coefficient (Wildman–Crippen LogP) is 18.0. The molecule has 0 atom stereocenters. The van der Waals surface area contributed by atoms with Crippen molar-refractivity contribution >= 4 is 78.0 Å². The van der Waals surface area contributed by atoms with Crippen LogP contribution in [0.2, 0.25) is 0 Å². The molecule has 12 rings (SSSR count). The van der Waals surface area contributed by atoms with E-state index in [2.05, 4.69) is 227 Å². The summed E-state index contributed by atoms with van der Waals surface area (Å²) in [4.78, 5) is 5.55. The lowest BCUT2D eigenvalue weighted by Crippen LogP contribution is -2.60. The van der Waals surface area contributed by atoms with E-state index < -0.39 is 0 Å². The first-order valence-corrected chi connectivity index (χ1v) is 28.6. The quantitative estimate of drug-likeness (QED) is 0.162. The number of fused-ring (bicyclic) bond motifs is 8. The summed E-state index contributed by atoms with van der Waals surface area (Å²) in [6.45, 7) is 34.3. The van der Waals surface area contributed by atoms with E-state index in [4.69, 9.17) is 0 Å². The third-order valence-corrected chi connectivity index (χ3v) is 20.1. The number of benzene rings is 6. The van der Waals surface area contributed by atoms with Crippen molar-refractivity contribution in [3.63, 3.8) is 0 Å². The summed E-state index contributed by atoms with van der Waals surface area (Å²) < 4.78 is 2.91. The fourth-order valence-corrected chi connectivity index (χ4v) is 15.3. The summed E-state index contributed by atoms with van der Waals surface area (Å²) in [6, 6.07) is 44.7. The first kappa shape index (κ1) is 47.9. The maximum Gasteiger partial charge on any atom is 0.264 e. The highest BCUT2D eigenvalue weighted by molar-refractivity contribution is 7.33. The van der Waals surface area contributed by atoms with Gasteiger partial charge < -0.3 is 9.80 Å². The van der Waals surface area contributed by atoms with Gasteiger partial charge in [-0.1, -0.05) is 171 Å². The van der Waals surface area contributed by atoms with E-state index >= 15 is 0 Å². The van der Waals surface area contributed by atoms with Crippen molar-refractivity contribution in [3.8, 4) is 11.1 Å². The smallest absolute Gasteiger partial charge is 0.264 e. The molecule has 1 fully saturated rings. The van der Waals surface area contributed by atoms with Crippen molar-refractivity contribution in [2.24, 2.45) is 0 Å². The van der Waals surface area contributed by atoms with Gasteiger partial charge >= 0.3 is 0 Å². The summed E-state index contributed by atoms with van der Waals surface area (Å²) in [5, 5.41) is 1.42. The van der Waals surface area contributed by atoms with Gasteiger partial charge in [-0.05, 0) is 187 Å². The van der Waals surface area contributed by atoms with Crippen LogP contribution in [-0.4, -0.2) is 6.71 Å². The lowest BCUT2D eigenvalue weighted by atomic mass is 9.36. The van der Waals surface area contributed by atoms with E-state index in [0.29, 0.717) is 5.92 Å². The fraction of sp³-hybridized carbons (Fsp3) is 0.441. The first-order valence-electron chi connectivity index (χ1n) is 27.8. The number of hydrogen-bond acceptors (Lipinski definition) is 3. The van der Waals surface area contributed by atoms with Crippen LogP contribution in [0.25, 0.3) is 21.2 Å². The zero-order valence-electron chi connectivity index (χ0n) is 46.2. The Bertz CT molecular complexity index is 3320. The topological polar surface area (TPSA) is 6.48 Å². The van der Waals surface area contributed by atoms with Crippen molar-refractivity contribution in [1.82, 2.24) is 0 Å². The highest BCUT2D eigenvalue weighted by Gasteiger charge is 2.48. The van der Waals surface area contributed by atoms with Crippen LogP contribution in [0.4, 0.5) is 34.1 Å². The molecule has 370 valence electrons. The Kier molecular flexibility index (Phi) is 10.8. The summed E-state index contributed by atoms with van der Waals surface area (Å²) >= 11 is 2.09. The fourth-order valence-electron chi connectivity index (χ4n) is 14.0. The van der Waals surface area contributed by atoms with E-state index in [9.17, 15) is 0 Å². The average Bonchev–Trinajstić information content (AvgIpc) is 3.72. The molecule has 2 aliphatic heterocycles. The Labute approximate surface area is 437 Å². The third kappa shape index (κ3) is 7.52. The lowest BCUT2D eigenvalue weighted by molar-refractivity contribution is 0.332. The van der Waals surface area contributed by atoms with Gasteiger partial charge in [0, 0.05) is 43.2 Å². The minimum absolute atomic E-state index is 0.00494. The normalized spacial score (nSPS) is 19.6. The molecule has 3 aliphatic carbocycles. The first-order chi connectivity index (χ1) is 33.9. The molecule has 0 bridgehead atoms. The second kappa shape index (κ2) is 16.2. The number of hydrogen-bond donors (Lipinski definition) is 0. The van der Waals surface area contributed by atoms with Gasteiger partial charge in [0.2, 0.25) is 0 Å².